The highest BCUT2D eigenvalue weighted by atomic mass is 32.2. The maximum atomic E-state index is 12.2. The number of aliphatic hydroxyl groups excluding tert-OH is 1. The van der Waals surface area contributed by atoms with E-state index in [1.165, 1.54) is 4.31 Å². The monoisotopic (exact) mass is 313 g/mol. The van der Waals surface area contributed by atoms with Gasteiger partial charge in [0.2, 0.25) is 0 Å². The number of amidine groups is 1. The lowest BCUT2D eigenvalue weighted by Gasteiger charge is -2.30. The molecule has 0 radical (unpaired) electrons. The largest absolute Gasteiger partial charge is 0.394 e. The second-order valence-corrected chi connectivity index (χ2v) is 6.10. The SMILES string of the molecule is CCc1nc2c(nc1C)C(=NCCO)NS(=O)(=O)N2CC. The number of fused-ring (bicyclic) bond motifs is 1. The van der Waals surface area contributed by atoms with Crippen LogP contribution in [0.15, 0.2) is 4.99 Å². The van der Waals surface area contributed by atoms with Crippen LogP contribution in [0.3, 0.4) is 0 Å². The summed E-state index contributed by atoms with van der Waals surface area (Å²) >= 11 is 0. The zero-order valence-corrected chi connectivity index (χ0v) is 13.1. The lowest BCUT2D eigenvalue weighted by molar-refractivity contribution is 0.307. The van der Waals surface area contributed by atoms with Crippen LogP contribution in [0.1, 0.15) is 30.9 Å². The predicted molar refractivity (Wildman–Crippen MR) is 79.7 cm³/mol. The highest BCUT2D eigenvalue weighted by Crippen LogP contribution is 2.25. The molecule has 0 spiro atoms. The average Bonchev–Trinajstić information content (AvgIpc) is 2.44. The Morgan fingerprint density at radius 1 is 1.33 bits per heavy atom. The van der Waals surface area contributed by atoms with Crippen molar-refractivity contribution in [3.63, 3.8) is 0 Å². The lowest BCUT2D eigenvalue weighted by atomic mass is 10.2. The van der Waals surface area contributed by atoms with Crippen molar-refractivity contribution in [3.05, 3.63) is 17.1 Å². The molecule has 9 heteroatoms. The van der Waals surface area contributed by atoms with Crippen LogP contribution in [0.2, 0.25) is 0 Å². The minimum Gasteiger partial charge on any atom is -0.394 e. The summed E-state index contributed by atoms with van der Waals surface area (Å²) < 4.78 is 28.0. The van der Waals surface area contributed by atoms with Gasteiger partial charge in [0, 0.05) is 6.54 Å². The molecule has 0 unspecified atom stereocenters. The number of rotatable bonds is 4. The molecule has 2 rings (SSSR count). The fourth-order valence-corrected chi connectivity index (χ4v) is 3.35. The van der Waals surface area contributed by atoms with Gasteiger partial charge in [0.15, 0.2) is 11.7 Å². The van der Waals surface area contributed by atoms with Gasteiger partial charge in [0.25, 0.3) is 0 Å². The fraction of sp³-hybridized carbons (Fsp3) is 0.583. The first kappa shape index (κ1) is 15.6. The summed E-state index contributed by atoms with van der Waals surface area (Å²) in [6, 6.07) is 0. The number of hydrogen-bond donors (Lipinski definition) is 2. The number of nitrogens with zero attached hydrogens (tertiary/aromatic N) is 4. The van der Waals surface area contributed by atoms with Crippen LogP contribution < -0.4 is 9.03 Å². The summed E-state index contributed by atoms with van der Waals surface area (Å²) in [6.07, 6.45) is 0.667. The van der Waals surface area contributed by atoms with Gasteiger partial charge >= 0.3 is 10.2 Å². The van der Waals surface area contributed by atoms with Crippen LogP contribution in [-0.2, 0) is 16.6 Å². The summed E-state index contributed by atoms with van der Waals surface area (Å²) in [7, 11) is -3.74. The van der Waals surface area contributed by atoms with Crippen LogP contribution in [0.4, 0.5) is 5.82 Å². The first-order chi connectivity index (χ1) is 9.94. The normalized spacial score (nSPS) is 18.5. The Kier molecular flexibility index (Phi) is 4.43. The maximum absolute atomic E-state index is 12.2. The molecule has 0 amide bonds. The number of nitrogens with one attached hydrogen (secondary N) is 1. The van der Waals surface area contributed by atoms with Crippen molar-refractivity contribution < 1.29 is 13.5 Å². The molecule has 2 heterocycles. The van der Waals surface area contributed by atoms with Crippen LogP contribution in [0, 0.1) is 6.92 Å². The van der Waals surface area contributed by atoms with Crippen molar-refractivity contribution in [1.82, 2.24) is 14.7 Å². The quantitative estimate of drug-likeness (QED) is 0.797. The Morgan fingerprint density at radius 3 is 2.62 bits per heavy atom. The van der Waals surface area contributed by atoms with Crippen molar-refractivity contribution in [2.75, 3.05) is 24.0 Å². The number of aliphatic hydroxyl groups is 1. The molecular formula is C12H19N5O3S. The van der Waals surface area contributed by atoms with E-state index in [2.05, 4.69) is 19.7 Å². The van der Waals surface area contributed by atoms with E-state index in [-0.39, 0.29) is 31.3 Å². The molecule has 21 heavy (non-hydrogen) atoms. The van der Waals surface area contributed by atoms with E-state index in [1.54, 1.807) is 6.92 Å². The summed E-state index contributed by atoms with van der Waals surface area (Å²) in [4.78, 5) is 12.9. The van der Waals surface area contributed by atoms with E-state index >= 15 is 0 Å². The van der Waals surface area contributed by atoms with E-state index in [0.29, 0.717) is 12.1 Å². The minimum atomic E-state index is -3.74. The Morgan fingerprint density at radius 2 is 2.05 bits per heavy atom. The second kappa shape index (κ2) is 5.94. The topological polar surface area (TPSA) is 108 Å². The molecule has 1 aliphatic heterocycles. The van der Waals surface area contributed by atoms with Gasteiger partial charge in [-0.2, -0.15) is 8.42 Å². The number of hydrogen-bond acceptors (Lipinski definition) is 6. The zero-order valence-electron chi connectivity index (χ0n) is 12.3. The Bertz CT molecular complexity index is 672. The zero-order chi connectivity index (χ0) is 15.6. The molecular weight excluding hydrogens is 294 g/mol. The van der Waals surface area contributed by atoms with Gasteiger partial charge < -0.3 is 5.11 Å². The highest BCUT2D eigenvalue weighted by molar-refractivity contribution is 7.91. The predicted octanol–water partition coefficient (Wildman–Crippen LogP) is -0.239. The van der Waals surface area contributed by atoms with Crippen LogP contribution in [-0.4, -0.2) is 49.0 Å². The van der Waals surface area contributed by atoms with Gasteiger partial charge in [-0.25, -0.2) is 19.0 Å². The van der Waals surface area contributed by atoms with Crippen molar-refractivity contribution in [2.45, 2.75) is 27.2 Å². The van der Waals surface area contributed by atoms with Crippen molar-refractivity contribution in [2.24, 2.45) is 4.99 Å². The first-order valence-corrected chi connectivity index (χ1v) is 8.22. The molecule has 1 aromatic rings. The fourth-order valence-electron chi connectivity index (χ4n) is 2.14. The maximum Gasteiger partial charge on any atom is 0.326 e. The van der Waals surface area contributed by atoms with Gasteiger partial charge in [-0.15, -0.1) is 0 Å². The van der Waals surface area contributed by atoms with E-state index in [1.807, 2.05) is 13.8 Å². The first-order valence-electron chi connectivity index (χ1n) is 6.78. The lowest BCUT2D eigenvalue weighted by Crippen LogP contribution is -2.50. The summed E-state index contributed by atoms with van der Waals surface area (Å²) in [6.45, 7) is 5.67. The summed E-state index contributed by atoms with van der Waals surface area (Å²) in [5.41, 5.74) is 1.89. The van der Waals surface area contributed by atoms with Crippen LogP contribution in [0.25, 0.3) is 0 Å². The number of anilines is 1. The number of aryl methyl sites for hydroxylation is 2. The molecule has 116 valence electrons. The number of aliphatic imine (C=N–C) groups is 1. The third-order valence-electron chi connectivity index (χ3n) is 3.12. The number of aromatic nitrogens is 2. The van der Waals surface area contributed by atoms with Crippen LogP contribution in [0.5, 0.6) is 0 Å². The molecule has 0 aromatic carbocycles. The summed E-state index contributed by atoms with van der Waals surface area (Å²) in [5.74, 6) is 0.414. The smallest absolute Gasteiger partial charge is 0.326 e. The van der Waals surface area contributed by atoms with E-state index in [4.69, 9.17) is 5.11 Å². The Labute approximate surface area is 124 Å². The molecule has 8 nitrogen and oxygen atoms in total. The molecule has 2 N–H and O–H groups in total. The van der Waals surface area contributed by atoms with Crippen molar-refractivity contribution in [3.8, 4) is 0 Å². The third kappa shape index (κ3) is 2.84. The second-order valence-electron chi connectivity index (χ2n) is 4.51. The van der Waals surface area contributed by atoms with Gasteiger partial charge in [-0.1, -0.05) is 6.92 Å². The molecule has 1 aromatic heterocycles. The minimum absolute atomic E-state index is 0.0969. The van der Waals surface area contributed by atoms with E-state index in [9.17, 15) is 8.42 Å². The standard InChI is InChI=1S/C12H19N5O3S/c1-4-9-8(3)14-10-11(13-6-7-18)16-21(19,20)17(5-2)12(10)15-9/h18H,4-7H2,1-3H3,(H,13,16). The molecule has 0 atom stereocenters. The van der Waals surface area contributed by atoms with Crippen molar-refractivity contribution in [1.29, 1.82) is 0 Å². The molecule has 0 bridgehead atoms. The molecule has 0 saturated carbocycles. The summed E-state index contributed by atoms with van der Waals surface area (Å²) in [5, 5.41) is 8.88. The van der Waals surface area contributed by atoms with Gasteiger partial charge in [0.1, 0.15) is 5.69 Å². The third-order valence-corrected chi connectivity index (χ3v) is 4.58. The van der Waals surface area contributed by atoms with Gasteiger partial charge in [-0.3, -0.25) is 4.99 Å². The van der Waals surface area contributed by atoms with E-state index < -0.39 is 10.2 Å². The van der Waals surface area contributed by atoms with Gasteiger partial charge in [0.05, 0.1) is 24.5 Å². The Balaban J connectivity index is 2.68. The van der Waals surface area contributed by atoms with E-state index in [0.717, 1.165) is 11.4 Å². The van der Waals surface area contributed by atoms with Gasteiger partial charge in [-0.05, 0) is 20.3 Å². The molecule has 1 aliphatic rings. The van der Waals surface area contributed by atoms with Crippen molar-refractivity contribution >= 4 is 21.9 Å². The van der Waals surface area contributed by atoms with Crippen LogP contribution >= 0.6 is 0 Å². The molecule has 0 fully saturated rings. The highest BCUT2D eigenvalue weighted by Gasteiger charge is 2.35. The average molecular weight is 313 g/mol. The molecule has 0 aliphatic carbocycles. The molecule has 0 saturated heterocycles. The Hall–Kier alpha value is -1.74.